The van der Waals surface area contributed by atoms with Gasteiger partial charge in [0.15, 0.2) is 0 Å². The number of aryl methyl sites for hydroxylation is 2. The molecule has 2 aromatic heterocycles. The number of nitrogens with one attached hydrogen (secondary N) is 3. The molecule has 2 heterocycles. The monoisotopic (exact) mass is 673 g/mol. The van der Waals surface area contributed by atoms with E-state index in [1.807, 2.05) is 37.1 Å². The second kappa shape index (κ2) is 15.2. The third-order valence-electron chi connectivity index (χ3n) is 8.71. The van der Waals surface area contributed by atoms with E-state index in [-0.39, 0.29) is 11.8 Å². The summed E-state index contributed by atoms with van der Waals surface area (Å²) in [4.78, 5) is 24.7. The Balaban J connectivity index is 1.64. The lowest BCUT2D eigenvalue weighted by Crippen LogP contribution is -2.46. The molecule has 0 bridgehead atoms. The zero-order valence-corrected chi connectivity index (χ0v) is 31.3. The molecule has 1 amide bonds. The van der Waals surface area contributed by atoms with Crippen LogP contribution in [0.3, 0.4) is 0 Å². The SMILES string of the molecule is Cc1cc(C)cc(-c2[nH]c3ncc(C(C)(C)C(=O)N(CC(C)C)CC(C)C)cc3c2C(C)CNCCc2ccc(NS(C)(=O)=O)cc2)c1. The number of benzene rings is 2. The van der Waals surface area contributed by atoms with Crippen LogP contribution in [0.4, 0.5) is 5.69 Å². The number of amides is 1. The van der Waals surface area contributed by atoms with Gasteiger partial charge >= 0.3 is 0 Å². The van der Waals surface area contributed by atoms with Gasteiger partial charge in [0.25, 0.3) is 0 Å². The van der Waals surface area contributed by atoms with Gasteiger partial charge < -0.3 is 15.2 Å². The lowest BCUT2D eigenvalue weighted by molar-refractivity contribution is -0.137. The molecule has 0 aliphatic rings. The summed E-state index contributed by atoms with van der Waals surface area (Å²) < 4.78 is 25.6. The molecule has 0 aliphatic heterocycles. The average molecular weight is 674 g/mol. The second-order valence-corrected chi connectivity index (χ2v) is 16.7. The fraction of sp³-hybridized carbons (Fsp3) is 0.487. The maximum Gasteiger partial charge on any atom is 0.232 e. The predicted octanol–water partition coefficient (Wildman–Crippen LogP) is 7.57. The van der Waals surface area contributed by atoms with Gasteiger partial charge in [-0.25, -0.2) is 13.4 Å². The Labute approximate surface area is 288 Å². The summed E-state index contributed by atoms with van der Waals surface area (Å²) in [6.45, 7) is 22.2. The highest BCUT2D eigenvalue weighted by Gasteiger charge is 2.35. The first kappa shape index (κ1) is 37.1. The fourth-order valence-electron chi connectivity index (χ4n) is 6.54. The Morgan fingerprint density at radius 1 is 0.938 bits per heavy atom. The van der Waals surface area contributed by atoms with Gasteiger partial charge in [-0.1, -0.05) is 63.9 Å². The van der Waals surface area contributed by atoms with E-state index in [1.165, 1.54) is 16.7 Å². The van der Waals surface area contributed by atoms with Crippen LogP contribution in [0.2, 0.25) is 0 Å². The Hall–Kier alpha value is -3.69. The van der Waals surface area contributed by atoms with Crippen molar-refractivity contribution in [1.82, 2.24) is 20.2 Å². The van der Waals surface area contributed by atoms with E-state index >= 15 is 0 Å². The van der Waals surface area contributed by atoms with Crippen LogP contribution in [0, 0.1) is 25.7 Å². The third kappa shape index (κ3) is 9.47. The van der Waals surface area contributed by atoms with Gasteiger partial charge in [-0.05, 0) is 111 Å². The van der Waals surface area contributed by atoms with E-state index in [1.54, 1.807) is 12.1 Å². The largest absolute Gasteiger partial charge is 0.341 e. The molecule has 260 valence electrons. The maximum absolute atomic E-state index is 14.1. The van der Waals surface area contributed by atoms with Crippen LogP contribution in [0.15, 0.2) is 54.7 Å². The molecule has 4 rings (SSSR count). The highest BCUT2D eigenvalue weighted by atomic mass is 32.2. The maximum atomic E-state index is 14.1. The number of nitrogens with zero attached hydrogens (tertiary/aromatic N) is 2. The van der Waals surface area contributed by atoms with Gasteiger partial charge in [-0.15, -0.1) is 0 Å². The number of aromatic nitrogens is 2. The van der Waals surface area contributed by atoms with Gasteiger partial charge in [0, 0.05) is 36.9 Å². The Kier molecular flexibility index (Phi) is 11.8. The topological polar surface area (TPSA) is 107 Å². The average Bonchev–Trinajstić information content (AvgIpc) is 3.37. The Bertz CT molecular complexity index is 1790. The van der Waals surface area contributed by atoms with Crippen molar-refractivity contribution in [2.45, 2.75) is 80.1 Å². The highest BCUT2D eigenvalue weighted by molar-refractivity contribution is 7.92. The lowest BCUT2D eigenvalue weighted by Gasteiger charge is -2.34. The minimum atomic E-state index is -3.30. The van der Waals surface area contributed by atoms with Crippen LogP contribution in [-0.4, -0.2) is 61.6 Å². The molecule has 8 nitrogen and oxygen atoms in total. The number of carbonyl (C=O) groups is 1. The van der Waals surface area contributed by atoms with Crippen molar-refractivity contribution in [2.75, 3.05) is 37.2 Å². The van der Waals surface area contributed by atoms with Crippen LogP contribution in [-0.2, 0) is 26.7 Å². The summed E-state index contributed by atoms with van der Waals surface area (Å²) in [5.74, 6) is 1.04. The Morgan fingerprint density at radius 2 is 1.54 bits per heavy atom. The first-order chi connectivity index (χ1) is 22.4. The number of carbonyl (C=O) groups excluding carboxylic acids is 1. The summed E-state index contributed by atoms with van der Waals surface area (Å²) in [5.41, 5.74) is 8.48. The standard InChI is InChI=1S/C39H55N5O3S/c1-25(2)23-44(24-26(3)4)38(45)39(8,9)32-20-34-35(36(42-37(34)41-22-32)31-18-27(5)17-28(6)19-31)29(7)21-40-16-15-30-11-13-33(14-12-30)43-48(10,46)47/h11-14,17-20,22,25-26,29,40,43H,15-16,21,23-24H2,1-10H3,(H,41,42). The number of rotatable bonds is 15. The van der Waals surface area contributed by atoms with E-state index in [0.717, 1.165) is 72.3 Å². The highest BCUT2D eigenvalue weighted by Crippen LogP contribution is 2.38. The zero-order valence-electron chi connectivity index (χ0n) is 30.5. The number of fused-ring (bicyclic) bond motifs is 1. The number of anilines is 1. The normalized spacial score (nSPS) is 13.0. The van der Waals surface area contributed by atoms with E-state index in [2.05, 4.69) is 87.8 Å². The number of hydrogen-bond acceptors (Lipinski definition) is 5. The van der Waals surface area contributed by atoms with Crippen molar-refractivity contribution in [1.29, 1.82) is 0 Å². The fourth-order valence-corrected chi connectivity index (χ4v) is 7.10. The number of pyridine rings is 1. The van der Waals surface area contributed by atoms with Crippen LogP contribution < -0.4 is 10.0 Å². The minimum Gasteiger partial charge on any atom is -0.341 e. The molecule has 3 N–H and O–H groups in total. The van der Waals surface area contributed by atoms with Crippen LogP contribution in [0.1, 0.15) is 82.2 Å². The molecule has 4 aromatic rings. The van der Waals surface area contributed by atoms with Crippen molar-refractivity contribution < 1.29 is 13.2 Å². The number of aromatic amines is 1. The molecule has 0 spiro atoms. The van der Waals surface area contributed by atoms with Gasteiger partial charge in [-0.2, -0.15) is 0 Å². The molecule has 1 atom stereocenters. The molecule has 1 unspecified atom stereocenters. The molecule has 48 heavy (non-hydrogen) atoms. The number of H-pyrrole nitrogens is 1. The quantitative estimate of drug-likeness (QED) is 0.113. The Morgan fingerprint density at radius 3 is 2.10 bits per heavy atom. The van der Waals surface area contributed by atoms with E-state index in [4.69, 9.17) is 4.98 Å². The second-order valence-electron chi connectivity index (χ2n) is 15.0. The summed E-state index contributed by atoms with van der Waals surface area (Å²) in [5, 5.41) is 4.70. The van der Waals surface area contributed by atoms with Crippen molar-refractivity contribution in [3.05, 3.63) is 82.5 Å². The molecule has 0 aliphatic carbocycles. The minimum absolute atomic E-state index is 0.132. The smallest absolute Gasteiger partial charge is 0.232 e. The molecule has 9 heteroatoms. The third-order valence-corrected chi connectivity index (χ3v) is 9.31. The van der Waals surface area contributed by atoms with Crippen molar-refractivity contribution in [3.63, 3.8) is 0 Å². The van der Waals surface area contributed by atoms with Crippen molar-refractivity contribution in [3.8, 4) is 11.3 Å². The van der Waals surface area contributed by atoms with Gasteiger partial charge in [-0.3, -0.25) is 9.52 Å². The predicted molar refractivity (Wildman–Crippen MR) is 200 cm³/mol. The molecular formula is C39H55N5O3S. The molecule has 0 radical (unpaired) electrons. The zero-order chi connectivity index (χ0) is 35.4. The molecule has 0 fully saturated rings. The summed E-state index contributed by atoms with van der Waals surface area (Å²) in [6.07, 6.45) is 3.83. The molecule has 0 saturated heterocycles. The summed E-state index contributed by atoms with van der Waals surface area (Å²) >= 11 is 0. The molecular weight excluding hydrogens is 619 g/mol. The first-order valence-corrected chi connectivity index (χ1v) is 19.0. The number of sulfonamides is 1. The van der Waals surface area contributed by atoms with Crippen LogP contribution in [0.5, 0.6) is 0 Å². The van der Waals surface area contributed by atoms with Crippen LogP contribution >= 0.6 is 0 Å². The van der Waals surface area contributed by atoms with Crippen LogP contribution in [0.25, 0.3) is 22.3 Å². The van der Waals surface area contributed by atoms with Gasteiger partial charge in [0.2, 0.25) is 15.9 Å². The van der Waals surface area contributed by atoms with Gasteiger partial charge in [0.05, 0.1) is 17.4 Å². The van der Waals surface area contributed by atoms with E-state index in [0.29, 0.717) is 17.5 Å². The van der Waals surface area contributed by atoms with Crippen molar-refractivity contribution in [2.24, 2.45) is 11.8 Å². The lowest BCUT2D eigenvalue weighted by atomic mass is 9.82. The van der Waals surface area contributed by atoms with E-state index in [9.17, 15) is 13.2 Å². The summed E-state index contributed by atoms with van der Waals surface area (Å²) in [7, 11) is -3.30. The summed E-state index contributed by atoms with van der Waals surface area (Å²) in [6, 6.07) is 16.3. The first-order valence-electron chi connectivity index (χ1n) is 17.1. The number of hydrogen-bond donors (Lipinski definition) is 3. The molecule has 0 saturated carbocycles. The van der Waals surface area contributed by atoms with Gasteiger partial charge in [0.1, 0.15) is 5.65 Å². The molecule has 2 aromatic carbocycles. The van der Waals surface area contributed by atoms with E-state index < -0.39 is 15.4 Å². The van der Waals surface area contributed by atoms with Crippen molar-refractivity contribution >= 4 is 32.7 Å².